The van der Waals surface area contributed by atoms with Crippen molar-refractivity contribution in [3.8, 4) is 56.4 Å². The molecule has 0 bridgehead atoms. The molecular formula is C51H34F6N2O2. The first-order valence-corrected chi connectivity index (χ1v) is 19.2. The van der Waals surface area contributed by atoms with Gasteiger partial charge in [-0.15, -0.1) is 0 Å². The lowest BCUT2D eigenvalue weighted by Gasteiger charge is -2.35. The van der Waals surface area contributed by atoms with Crippen LogP contribution in [0.4, 0.5) is 37.7 Å². The van der Waals surface area contributed by atoms with Crippen molar-refractivity contribution >= 4 is 11.4 Å². The average molecular weight is 821 g/mol. The summed E-state index contributed by atoms with van der Waals surface area (Å²) in [6, 6.07) is 51.7. The zero-order chi connectivity index (χ0) is 42.5. The van der Waals surface area contributed by atoms with Crippen LogP contribution in [0.15, 0.2) is 182 Å². The SMILES string of the molecule is Nc1ccc(C(F)(F)F)c(Oc2ccc(C3(c4ccc(Oc5cc(N)ccc5C(F)(F)F)c(-c5ccccc5)c4)c4ccccc4-c4ccccc43)cc2-c2ccccc2)c1. The molecule has 4 N–H and O–H groups in total. The average Bonchev–Trinajstić information content (AvgIpc) is 3.55. The van der Waals surface area contributed by atoms with Crippen molar-refractivity contribution in [2.75, 3.05) is 11.5 Å². The van der Waals surface area contributed by atoms with E-state index in [1.165, 1.54) is 12.1 Å². The molecule has 4 nitrogen and oxygen atoms in total. The fourth-order valence-corrected chi connectivity index (χ4v) is 8.37. The Kier molecular flexibility index (Phi) is 9.58. The Morgan fingerprint density at radius 2 is 0.738 bits per heavy atom. The van der Waals surface area contributed by atoms with E-state index in [0.717, 1.165) is 57.6 Å². The van der Waals surface area contributed by atoms with E-state index >= 15 is 0 Å². The van der Waals surface area contributed by atoms with Gasteiger partial charge in [-0.3, -0.25) is 0 Å². The smallest absolute Gasteiger partial charge is 0.419 e. The Balaban J connectivity index is 1.31. The van der Waals surface area contributed by atoms with Gasteiger partial charge < -0.3 is 20.9 Å². The van der Waals surface area contributed by atoms with Crippen molar-refractivity contribution in [1.29, 1.82) is 0 Å². The van der Waals surface area contributed by atoms with Crippen LogP contribution in [-0.4, -0.2) is 0 Å². The molecule has 0 saturated heterocycles. The van der Waals surface area contributed by atoms with Gasteiger partial charge in [0.1, 0.15) is 23.0 Å². The second kappa shape index (κ2) is 15.0. The summed E-state index contributed by atoms with van der Waals surface area (Å²) in [4.78, 5) is 0. The highest BCUT2D eigenvalue weighted by atomic mass is 19.4. The maximum atomic E-state index is 14.3. The molecule has 0 fully saturated rings. The largest absolute Gasteiger partial charge is 0.456 e. The Labute approximate surface area is 347 Å². The fourth-order valence-electron chi connectivity index (χ4n) is 8.37. The second-order valence-corrected chi connectivity index (χ2v) is 14.7. The number of anilines is 2. The van der Waals surface area contributed by atoms with E-state index in [0.29, 0.717) is 22.3 Å². The van der Waals surface area contributed by atoms with E-state index in [-0.39, 0.29) is 22.9 Å². The molecule has 0 saturated carbocycles. The lowest BCUT2D eigenvalue weighted by molar-refractivity contribution is -0.139. The van der Waals surface area contributed by atoms with Crippen molar-refractivity contribution in [3.05, 3.63) is 215 Å². The minimum absolute atomic E-state index is 0.103. The highest BCUT2D eigenvalue weighted by Crippen LogP contribution is 2.58. The number of alkyl halides is 6. The summed E-state index contributed by atoms with van der Waals surface area (Å²) in [6.07, 6.45) is -9.43. The van der Waals surface area contributed by atoms with Gasteiger partial charge in [0.05, 0.1) is 16.5 Å². The number of nitrogens with two attached hydrogens (primary N) is 2. The van der Waals surface area contributed by atoms with E-state index in [2.05, 4.69) is 0 Å². The molecule has 9 rings (SSSR count). The third-order valence-corrected chi connectivity index (χ3v) is 11.0. The summed E-state index contributed by atoms with van der Waals surface area (Å²) in [7, 11) is 0. The van der Waals surface area contributed by atoms with Crippen LogP contribution in [0.3, 0.4) is 0 Å². The van der Waals surface area contributed by atoms with Crippen LogP contribution in [0.2, 0.25) is 0 Å². The number of hydrogen-bond acceptors (Lipinski definition) is 4. The highest BCUT2D eigenvalue weighted by Gasteiger charge is 2.47. The van der Waals surface area contributed by atoms with E-state index in [1.54, 1.807) is 12.1 Å². The molecule has 0 unspecified atom stereocenters. The van der Waals surface area contributed by atoms with Gasteiger partial charge in [0, 0.05) is 34.6 Å². The normalized spacial score (nSPS) is 13.0. The Morgan fingerprint density at radius 3 is 1.13 bits per heavy atom. The maximum absolute atomic E-state index is 14.3. The molecule has 0 amide bonds. The number of fused-ring (bicyclic) bond motifs is 3. The van der Waals surface area contributed by atoms with Gasteiger partial charge in [-0.2, -0.15) is 26.3 Å². The molecule has 0 aliphatic heterocycles. The van der Waals surface area contributed by atoms with Gasteiger partial charge in [0.25, 0.3) is 0 Å². The molecule has 8 aromatic rings. The summed E-state index contributed by atoms with van der Waals surface area (Å²) in [5.74, 6) is -0.560. The number of rotatable bonds is 8. The molecule has 0 heterocycles. The van der Waals surface area contributed by atoms with E-state index < -0.39 is 40.4 Å². The zero-order valence-electron chi connectivity index (χ0n) is 32.1. The molecule has 61 heavy (non-hydrogen) atoms. The standard InChI is InChI=1S/C51H34F6N2O2/c52-50(53,54)43-23-21-35(58)29-47(43)60-45-25-19-33(27-39(45)31-11-3-1-4-12-31)49(41-17-9-7-15-37(41)38-16-8-10-18-42(38)49)34-20-26-46(40(28-34)32-13-5-2-6-14-32)61-48-30-36(59)22-24-44(48)51(55,56)57/h1-30H,58-59H2. The van der Waals surface area contributed by atoms with Crippen LogP contribution >= 0.6 is 0 Å². The fraction of sp³-hybridized carbons (Fsp3) is 0.0588. The molecule has 0 atom stereocenters. The summed E-state index contributed by atoms with van der Waals surface area (Å²) in [6.45, 7) is 0. The molecule has 1 aliphatic carbocycles. The monoisotopic (exact) mass is 820 g/mol. The predicted octanol–water partition coefficient (Wildman–Crippen LogP) is 14.2. The Bertz CT molecular complexity index is 2730. The summed E-state index contributed by atoms with van der Waals surface area (Å²) in [5, 5.41) is 0. The maximum Gasteiger partial charge on any atom is 0.419 e. The first kappa shape index (κ1) is 39.0. The molecule has 0 radical (unpaired) electrons. The van der Waals surface area contributed by atoms with Crippen LogP contribution in [0, 0.1) is 0 Å². The third kappa shape index (κ3) is 6.99. The van der Waals surface area contributed by atoms with Gasteiger partial charge in [-0.1, -0.05) is 121 Å². The number of hydrogen-bond donors (Lipinski definition) is 2. The van der Waals surface area contributed by atoms with E-state index in [9.17, 15) is 26.3 Å². The Morgan fingerprint density at radius 1 is 0.361 bits per heavy atom. The Hall–Kier alpha value is -7.46. The number of nitrogen functional groups attached to an aromatic ring is 2. The van der Waals surface area contributed by atoms with Crippen molar-refractivity contribution < 1.29 is 35.8 Å². The van der Waals surface area contributed by atoms with Crippen molar-refractivity contribution in [2.24, 2.45) is 0 Å². The van der Waals surface area contributed by atoms with Crippen LogP contribution < -0.4 is 20.9 Å². The first-order chi connectivity index (χ1) is 29.3. The van der Waals surface area contributed by atoms with Gasteiger partial charge >= 0.3 is 12.4 Å². The highest BCUT2D eigenvalue weighted by molar-refractivity contribution is 5.88. The molecule has 8 aromatic carbocycles. The third-order valence-electron chi connectivity index (χ3n) is 11.0. The molecule has 0 spiro atoms. The summed E-state index contributed by atoms with van der Waals surface area (Å²) in [5.41, 5.74) is 16.8. The van der Waals surface area contributed by atoms with E-state index in [1.807, 2.05) is 133 Å². The predicted molar refractivity (Wildman–Crippen MR) is 226 cm³/mol. The number of benzene rings is 8. The van der Waals surface area contributed by atoms with E-state index in [4.69, 9.17) is 20.9 Å². The van der Waals surface area contributed by atoms with Crippen molar-refractivity contribution in [2.45, 2.75) is 17.8 Å². The topological polar surface area (TPSA) is 70.5 Å². The first-order valence-electron chi connectivity index (χ1n) is 19.2. The van der Waals surface area contributed by atoms with Crippen LogP contribution in [0.25, 0.3) is 33.4 Å². The van der Waals surface area contributed by atoms with Crippen molar-refractivity contribution in [1.82, 2.24) is 0 Å². The zero-order valence-corrected chi connectivity index (χ0v) is 32.1. The number of ether oxygens (including phenoxy) is 2. The van der Waals surface area contributed by atoms with Crippen LogP contribution in [0.5, 0.6) is 23.0 Å². The van der Waals surface area contributed by atoms with Gasteiger partial charge in [0.2, 0.25) is 0 Å². The lowest BCUT2D eigenvalue weighted by Crippen LogP contribution is -2.28. The molecular weight excluding hydrogens is 787 g/mol. The summed E-state index contributed by atoms with van der Waals surface area (Å²) >= 11 is 0. The summed E-state index contributed by atoms with van der Waals surface area (Å²) < 4.78 is 98.2. The molecule has 1 aliphatic rings. The van der Waals surface area contributed by atoms with Crippen LogP contribution in [-0.2, 0) is 17.8 Å². The van der Waals surface area contributed by atoms with Gasteiger partial charge in [0.15, 0.2) is 0 Å². The minimum atomic E-state index is -4.72. The van der Waals surface area contributed by atoms with Crippen LogP contribution in [0.1, 0.15) is 33.4 Å². The van der Waals surface area contributed by atoms with Gasteiger partial charge in [-0.05, 0) is 93.0 Å². The molecule has 10 heteroatoms. The van der Waals surface area contributed by atoms with Gasteiger partial charge in [-0.25, -0.2) is 0 Å². The molecule has 302 valence electrons. The number of halogens is 6. The minimum Gasteiger partial charge on any atom is -0.456 e. The molecule has 0 aromatic heterocycles. The quantitative estimate of drug-likeness (QED) is 0.118. The van der Waals surface area contributed by atoms with Crippen molar-refractivity contribution in [3.63, 3.8) is 0 Å². The lowest BCUT2D eigenvalue weighted by atomic mass is 9.67. The second-order valence-electron chi connectivity index (χ2n) is 14.7.